The first-order chi connectivity index (χ1) is 21.9. The van der Waals surface area contributed by atoms with E-state index < -0.39 is 30.2 Å². The van der Waals surface area contributed by atoms with Crippen LogP contribution in [0.15, 0.2) is 97.1 Å². The molecule has 1 aliphatic rings. The number of carboxylic acids is 1. The van der Waals surface area contributed by atoms with E-state index in [4.69, 9.17) is 14.2 Å². The molecule has 45 heavy (non-hydrogen) atoms. The number of rotatable bonds is 13. The van der Waals surface area contributed by atoms with Crippen molar-refractivity contribution in [1.29, 1.82) is 0 Å². The number of hydrogen-bond acceptors (Lipinski definition) is 8. The Kier molecular flexibility index (Phi) is 10.2. The number of ether oxygens (including phenoxy) is 3. The van der Waals surface area contributed by atoms with Gasteiger partial charge in [-0.05, 0) is 63.9 Å². The molecule has 9 nitrogen and oxygen atoms in total. The standard InChI is InChI=1S/C36H36N2O7/c1-3-24-20-26(43-2)18-17-25(24)21-32(34(39)40)37-38-33(19-23-11-5-4-6-12-23)35(41)45-36(42)44-22-31-29-15-9-7-13-27(29)28-14-8-10-16-30(28)31/h4-18,20,31-33,37-38H,3,19,21-22H2,1-2H3,(H,39,40)/t32-,33-/m0/s1. The second kappa shape index (κ2) is 14.7. The van der Waals surface area contributed by atoms with Crippen LogP contribution in [0, 0.1) is 0 Å². The number of carbonyl (C=O) groups excluding carboxylic acids is 2. The van der Waals surface area contributed by atoms with Crippen molar-refractivity contribution in [2.24, 2.45) is 0 Å². The molecule has 0 saturated carbocycles. The maximum atomic E-state index is 13.3. The lowest BCUT2D eigenvalue weighted by Crippen LogP contribution is -2.54. The molecule has 0 aromatic heterocycles. The van der Waals surface area contributed by atoms with Gasteiger partial charge in [0.25, 0.3) is 0 Å². The highest BCUT2D eigenvalue weighted by Crippen LogP contribution is 2.44. The minimum Gasteiger partial charge on any atom is -0.497 e. The number of hydrazine groups is 1. The first kappa shape index (κ1) is 31.4. The minimum absolute atomic E-state index is 0.00210. The van der Waals surface area contributed by atoms with Crippen LogP contribution < -0.4 is 15.6 Å². The number of aryl methyl sites for hydroxylation is 1. The lowest BCUT2D eigenvalue weighted by atomic mass is 9.98. The number of nitrogens with one attached hydrogen (secondary N) is 2. The van der Waals surface area contributed by atoms with Crippen molar-refractivity contribution < 1.29 is 33.7 Å². The summed E-state index contributed by atoms with van der Waals surface area (Å²) in [6, 6.07) is 28.4. The van der Waals surface area contributed by atoms with E-state index in [1.807, 2.05) is 97.9 Å². The maximum absolute atomic E-state index is 13.3. The third-order valence-corrected chi connectivity index (χ3v) is 8.03. The molecular formula is C36H36N2O7. The van der Waals surface area contributed by atoms with E-state index in [9.17, 15) is 19.5 Å². The fourth-order valence-electron chi connectivity index (χ4n) is 5.70. The van der Waals surface area contributed by atoms with Crippen molar-refractivity contribution in [2.75, 3.05) is 13.7 Å². The van der Waals surface area contributed by atoms with E-state index in [1.54, 1.807) is 13.2 Å². The Morgan fingerprint density at radius 2 is 1.40 bits per heavy atom. The van der Waals surface area contributed by atoms with Gasteiger partial charge in [0.05, 0.1) is 7.11 Å². The lowest BCUT2D eigenvalue weighted by molar-refractivity contribution is -0.144. The van der Waals surface area contributed by atoms with E-state index in [2.05, 4.69) is 10.9 Å². The summed E-state index contributed by atoms with van der Waals surface area (Å²) >= 11 is 0. The highest BCUT2D eigenvalue weighted by molar-refractivity contribution is 5.86. The Morgan fingerprint density at radius 1 is 0.778 bits per heavy atom. The average Bonchev–Trinajstić information content (AvgIpc) is 3.38. The Hall–Kier alpha value is -4.99. The van der Waals surface area contributed by atoms with Gasteiger partial charge in [-0.25, -0.2) is 20.4 Å². The fraction of sp³-hybridized carbons (Fsp3) is 0.250. The van der Waals surface area contributed by atoms with Crippen molar-refractivity contribution >= 4 is 18.1 Å². The third kappa shape index (κ3) is 7.57. The Morgan fingerprint density at radius 3 is 2.02 bits per heavy atom. The van der Waals surface area contributed by atoms with Gasteiger partial charge in [-0.1, -0.05) is 91.9 Å². The van der Waals surface area contributed by atoms with Crippen LogP contribution in [0.2, 0.25) is 0 Å². The molecule has 0 radical (unpaired) electrons. The van der Waals surface area contributed by atoms with Gasteiger partial charge in [0.2, 0.25) is 0 Å². The highest BCUT2D eigenvalue weighted by Gasteiger charge is 2.31. The number of fused-ring (bicyclic) bond motifs is 3. The van der Waals surface area contributed by atoms with Crippen molar-refractivity contribution in [1.82, 2.24) is 10.9 Å². The van der Waals surface area contributed by atoms with Crippen LogP contribution in [0.3, 0.4) is 0 Å². The molecule has 0 unspecified atom stereocenters. The SMILES string of the molecule is CCc1cc(OC)ccc1C[C@H](NN[C@@H](Cc1ccccc1)C(=O)OC(=O)OCC1c2ccccc2-c2ccccc21)C(=O)O. The summed E-state index contributed by atoms with van der Waals surface area (Å²) in [5.74, 6) is -1.51. The molecule has 0 aliphatic heterocycles. The van der Waals surface area contributed by atoms with Crippen LogP contribution in [0.1, 0.15) is 40.7 Å². The normalized spacial score (nSPS) is 13.3. The molecule has 0 bridgehead atoms. The predicted octanol–water partition coefficient (Wildman–Crippen LogP) is 5.45. The van der Waals surface area contributed by atoms with E-state index in [1.165, 1.54) is 0 Å². The Labute approximate surface area is 262 Å². The second-order valence-electron chi connectivity index (χ2n) is 10.8. The van der Waals surface area contributed by atoms with E-state index in [-0.39, 0.29) is 25.4 Å². The summed E-state index contributed by atoms with van der Waals surface area (Å²) in [5.41, 5.74) is 12.4. The van der Waals surface area contributed by atoms with Gasteiger partial charge >= 0.3 is 18.1 Å². The van der Waals surface area contributed by atoms with Gasteiger partial charge in [0, 0.05) is 12.3 Å². The van der Waals surface area contributed by atoms with Crippen LogP contribution in [0.5, 0.6) is 5.75 Å². The molecule has 5 rings (SSSR count). The van der Waals surface area contributed by atoms with E-state index in [0.717, 1.165) is 38.9 Å². The van der Waals surface area contributed by atoms with E-state index in [0.29, 0.717) is 12.2 Å². The molecule has 1 aliphatic carbocycles. The van der Waals surface area contributed by atoms with Crippen LogP contribution >= 0.6 is 0 Å². The zero-order chi connectivity index (χ0) is 31.8. The first-order valence-electron chi connectivity index (χ1n) is 14.9. The third-order valence-electron chi connectivity index (χ3n) is 8.03. The van der Waals surface area contributed by atoms with Crippen molar-refractivity contribution in [3.8, 4) is 16.9 Å². The largest absolute Gasteiger partial charge is 0.516 e. The number of methoxy groups -OCH3 is 1. The Balaban J connectivity index is 1.25. The molecular weight excluding hydrogens is 572 g/mol. The zero-order valence-corrected chi connectivity index (χ0v) is 25.2. The predicted molar refractivity (Wildman–Crippen MR) is 169 cm³/mol. The molecule has 232 valence electrons. The summed E-state index contributed by atoms with van der Waals surface area (Å²) in [4.78, 5) is 38.3. The summed E-state index contributed by atoms with van der Waals surface area (Å²) in [5, 5.41) is 9.98. The second-order valence-corrected chi connectivity index (χ2v) is 10.8. The van der Waals surface area contributed by atoms with Crippen molar-refractivity contribution in [3.05, 3.63) is 125 Å². The summed E-state index contributed by atoms with van der Waals surface area (Å²) in [6.07, 6.45) is -0.148. The van der Waals surface area contributed by atoms with Crippen molar-refractivity contribution in [2.45, 2.75) is 44.2 Å². The van der Waals surface area contributed by atoms with Gasteiger partial charge < -0.3 is 19.3 Å². The van der Waals surface area contributed by atoms with E-state index >= 15 is 0 Å². The summed E-state index contributed by atoms with van der Waals surface area (Å²) in [6.45, 7) is 1.98. The van der Waals surface area contributed by atoms with Crippen LogP contribution in [0.25, 0.3) is 11.1 Å². The number of benzene rings is 4. The molecule has 9 heteroatoms. The molecule has 0 spiro atoms. The van der Waals surface area contributed by atoms with Gasteiger partial charge in [0.15, 0.2) is 0 Å². The minimum atomic E-state index is -1.12. The molecule has 4 aromatic carbocycles. The summed E-state index contributed by atoms with van der Waals surface area (Å²) < 4.78 is 15.9. The van der Waals surface area contributed by atoms with Crippen molar-refractivity contribution in [3.63, 3.8) is 0 Å². The molecule has 0 amide bonds. The summed E-state index contributed by atoms with van der Waals surface area (Å²) in [7, 11) is 1.58. The Bertz CT molecular complexity index is 1610. The molecule has 0 fully saturated rings. The van der Waals surface area contributed by atoms with Crippen LogP contribution in [0.4, 0.5) is 4.79 Å². The van der Waals surface area contributed by atoms with Gasteiger partial charge in [-0.15, -0.1) is 0 Å². The molecule has 3 N–H and O–H groups in total. The van der Waals surface area contributed by atoms with Crippen LogP contribution in [-0.4, -0.2) is 49.0 Å². The maximum Gasteiger partial charge on any atom is 0.516 e. The highest BCUT2D eigenvalue weighted by atomic mass is 16.7. The quantitative estimate of drug-likeness (QED) is 0.103. The number of aliphatic carboxylic acids is 1. The number of hydrogen-bond donors (Lipinski definition) is 3. The smallest absolute Gasteiger partial charge is 0.497 e. The average molecular weight is 609 g/mol. The van der Waals surface area contributed by atoms with Gasteiger partial charge in [-0.3, -0.25) is 4.79 Å². The number of carbonyl (C=O) groups is 3. The zero-order valence-electron chi connectivity index (χ0n) is 25.2. The first-order valence-corrected chi connectivity index (χ1v) is 14.9. The van der Waals surface area contributed by atoms with Gasteiger partial charge in [-0.2, -0.15) is 0 Å². The fourth-order valence-corrected chi connectivity index (χ4v) is 5.70. The molecule has 2 atom stereocenters. The van der Waals surface area contributed by atoms with Gasteiger partial charge in [0.1, 0.15) is 24.4 Å². The number of carboxylic acid groups (broad SMARTS) is 1. The van der Waals surface area contributed by atoms with Crippen LogP contribution in [-0.2, 0) is 38.3 Å². The molecule has 0 saturated heterocycles. The lowest BCUT2D eigenvalue weighted by Gasteiger charge is -2.22. The molecule has 4 aromatic rings. The number of esters is 1. The monoisotopic (exact) mass is 608 g/mol. The topological polar surface area (TPSA) is 123 Å². The molecule has 0 heterocycles.